The highest BCUT2D eigenvalue weighted by atomic mass is 16.5. The van der Waals surface area contributed by atoms with E-state index in [1.807, 2.05) is 74.4 Å². The van der Waals surface area contributed by atoms with Crippen LogP contribution in [0.2, 0.25) is 0 Å². The molecule has 1 heterocycles. The van der Waals surface area contributed by atoms with Gasteiger partial charge in [-0.15, -0.1) is 0 Å². The Kier molecular flexibility index (Phi) is 6.29. The zero-order chi connectivity index (χ0) is 20.8. The lowest BCUT2D eigenvalue weighted by Gasteiger charge is -2.13. The van der Waals surface area contributed by atoms with E-state index < -0.39 is 0 Å². The van der Waals surface area contributed by atoms with Crippen LogP contribution in [0.3, 0.4) is 0 Å². The molecule has 2 aromatic carbocycles. The molecule has 0 saturated heterocycles. The summed E-state index contributed by atoms with van der Waals surface area (Å²) in [6.45, 7) is 2.24. The summed E-state index contributed by atoms with van der Waals surface area (Å²) in [7, 11) is 5.60. The Bertz CT molecular complexity index is 969. The fourth-order valence-electron chi connectivity index (χ4n) is 2.73. The SMILES string of the molecule is COc1ccc(CNC(=O)c2cc(C)nc(Nc3ccc(N(C)C)cc3)n2)cc1. The van der Waals surface area contributed by atoms with Gasteiger partial charge in [-0.2, -0.15) is 0 Å². The Morgan fingerprint density at radius 2 is 1.72 bits per heavy atom. The number of hydrogen-bond acceptors (Lipinski definition) is 6. The molecule has 0 fully saturated rings. The molecule has 150 valence electrons. The lowest BCUT2D eigenvalue weighted by atomic mass is 10.2. The molecule has 0 aliphatic heterocycles. The van der Waals surface area contributed by atoms with Gasteiger partial charge < -0.3 is 20.3 Å². The number of anilines is 3. The van der Waals surface area contributed by atoms with Crippen LogP contribution in [0.15, 0.2) is 54.6 Å². The number of nitrogens with zero attached hydrogens (tertiary/aromatic N) is 3. The Hall–Kier alpha value is -3.61. The molecule has 0 spiro atoms. The molecule has 7 nitrogen and oxygen atoms in total. The number of carbonyl (C=O) groups excluding carboxylic acids is 1. The van der Waals surface area contributed by atoms with Crippen molar-refractivity contribution in [3.63, 3.8) is 0 Å². The Morgan fingerprint density at radius 3 is 2.34 bits per heavy atom. The average molecular weight is 391 g/mol. The topological polar surface area (TPSA) is 79.4 Å². The summed E-state index contributed by atoms with van der Waals surface area (Å²) < 4.78 is 5.14. The molecule has 0 radical (unpaired) electrons. The third-order valence-electron chi connectivity index (χ3n) is 4.34. The van der Waals surface area contributed by atoms with Gasteiger partial charge in [-0.3, -0.25) is 4.79 Å². The summed E-state index contributed by atoms with van der Waals surface area (Å²) in [6.07, 6.45) is 0. The summed E-state index contributed by atoms with van der Waals surface area (Å²) >= 11 is 0. The number of amides is 1. The molecule has 1 amide bonds. The number of methoxy groups -OCH3 is 1. The van der Waals surface area contributed by atoms with Gasteiger partial charge in [0.05, 0.1) is 7.11 Å². The first-order valence-electron chi connectivity index (χ1n) is 9.26. The summed E-state index contributed by atoms with van der Waals surface area (Å²) in [5.41, 5.74) is 3.95. The molecule has 3 rings (SSSR count). The van der Waals surface area contributed by atoms with Crippen LogP contribution >= 0.6 is 0 Å². The van der Waals surface area contributed by atoms with Gasteiger partial charge in [0, 0.05) is 37.7 Å². The van der Waals surface area contributed by atoms with Crippen LogP contribution in [0.4, 0.5) is 17.3 Å². The van der Waals surface area contributed by atoms with Crippen LogP contribution in [0, 0.1) is 6.92 Å². The number of rotatable bonds is 7. The molecule has 0 aliphatic carbocycles. The molecule has 0 bridgehead atoms. The van der Waals surface area contributed by atoms with Gasteiger partial charge in [-0.1, -0.05) is 12.1 Å². The quantitative estimate of drug-likeness (QED) is 0.641. The molecule has 0 unspecified atom stereocenters. The van der Waals surface area contributed by atoms with Gasteiger partial charge in [0.2, 0.25) is 5.95 Å². The number of aromatic nitrogens is 2. The predicted octanol–water partition coefficient (Wildman–Crippen LogP) is 3.53. The normalized spacial score (nSPS) is 10.3. The van der Waals surface area contributed by atoms with Crippen molar-refractivity contribution >= 4 is 23.2 Å². The second kappa shape index (κ2) is 9.05. The van der Waals surface area contributed by atoms with Crippen molar-refractivity contribution in [3.05, 3.63) is 71.5 Å². The molecular weight excluding hydrogens is 366 g/mol. The Labute approximate surface area is 170 Å². The van der Waals surface area contributed by atoms with Crippen LogP contribution in [0.5, 0.6) is 5.75 Å². The van der Waals surface area contributed by atoms with Crippen molar-refractivity contribution in [2.75, 3.05) is 31.4 Å². The summed E-state index contributed by atoms with van der Waals surface area (Å²) in [4.78, 5) is 23.3. The molecule has 3 aromatic rings. The predicted molar refractivity (Wildman–Crippen MR) is 115 cm³/mol. The highest BCUT2D eigenvalue weighted by Gasteiger charge is 2.11. The van der Waals surface area contributed by atoms with Crippen LogP contribution in [0.25, 0.3) is 0 Å². The number of benzene rings is 2. The molecule has 1 aromatic heterocycles. The number of carbonyl (C=O) groups is 1. The van der Waals surface area contributed by atoms with Gasteiger partial charge >= 0.3 is 0 Å². The maximum Gasteiger partial charge on any atom is 0.270 e. The van der Waals surface area contributed by atoms with Gasteiger partial charge in [-0.05, 0) is 55.0 Å². The fraction of sp³-hybridized carbons (Fsp3) is 0.227. The van der Waals surface area contributed by atoms with Gasteiger partial charge in [-0.25, -0.2) is 9.97 Å². The zero-order valence-corrected chi connectivity index (χ0v) is 17.1. The number of aryl methyl sites for hydroxylation is 1. The number of ether oxygens (including phenoxy) is 1. The van der Waals surface area contributed by atoms with Crippen LogP contribution in [0.1, 0.15) is 21.7 Å². The first-order chi connectivity index (χ1) is 13.9. The minimum absolute atomic E-state index is 0.252. The molecule has 29 heavy (non-hydrogen) atoms. The van der Waals surface area contributed by atoms with Gasteiger partial charge in [0.1, 0.15) is 11.4 Å². The monoisotopic (exact) mass is 391 g/mol. The van der Waals surface area contributed by atoms with Crippen LogP contribution in [-0.2, 0) is 6.54 Å². The minimum Gasteiger partial charge on any atom is -0.497 e. The van der Waals surface area contributed by atoms with E-state index in [1.165, 1.54) is 0 Å². The van der Waals surface area contributed by atoms with Crippen molar-refractivity contribution in [3.8, 4) is 5.75 Å². The fourth-order valence-corrected chi connectivity index (χ4v) is 2.73. The van der Waals surface area contributed by atoms with E-state index >= 15 is 0 Å². The van der Waals surface area contributed by atoms with E-state index in [0.717, 1.165) is 22.7 Å². The number of nitrogens with one attached hydrogen (secondary N) is 2. The summed E-state index contributed by atoms with van der Waals surface area (Å²) in [5.74, 6) is 0.912. The Balaban J connectivity index is 1.67. The highest BCUT2D eigenvalue weighted by Crippen LogP contribution is 2.19. The maximum absolute atomic E-state index is 12.6. The number of hydrogen-bond donors (Lipinski definition) is 2. The standard InChI is InChI=1S/C22H25N5O2/c1-15-13-20(21(28)23-14-16-5-11-19(29-4)12-6-16)26-22(24-15)25-17-7-9-18(10-8-17)27(2)3/h5-13H,14H2,1-4H3,(H,23,28)(H,24,25,26). The minimum atomic E-state index is -0.252. The van der Waals surface area contributed by atoms with Crippen molar-refractivity contribution < 1.29 is 9.53 Å². The molecule has 2 N–H and O–H groups in total. The maximum atomic E-state index is 12.6. The molecular formula is C22H25N5O2. The molecule has 0 saturated carbocycles. The van der Waals surface area contributed by atoms with E-state index in [2.05, 4.69) is 20.6 Å². The summed E-state index contributed by atoms with van der Waals surface area (Å²) in [5, 5.41) is 6.05. The van der Waals surface area contributed by atoms with Crippen molar-refractivity contribution in [1.82, 2.24) is 15.3 Å². The van der Waals surface area contributed by atoms with Gasteiger partial charge in [0.15, 0.2) is 0 Å². The van der Waals surface area contributed by atoms with Crippen LogP contribution in [-0.4, -0.2) is 37.1 Å². The Morgan fingerprint density at radius 1 is 1.03 bits per heavy atom. The van der Waals surface area contributed by atoms with Crippen molar-refractivity contribution in [1.29, 1.82) is 0 Å². The first-order valence-corrected chi connectivity index (χ1v) is 9.26. The van der Waals surface area contributed by atoms with E-state index in [4.69, 9.17) is 4.74 Å². The third-order valence-corrected chi connectivity index (χ3v) is 4.34. The second-order valence-electron chi connectivity index (χ2n) is 6.82. The smallest absolute Gasteiger partial charge is 0.270 e. The lowest BCUT2D eigenvalue weighted by molar-refractivity contribution is 0.0945. The highest BCUT2D eigenvalue weighted by molar-refractivity contribution is 5.92. The summed E-state index contributed by atoms with van der Waals surface area (Å²) in [6, 6.07) is 17.1. The second-order valence-corrected chi connectivity index (χ2v) is 6.82. The van der Waals surface area contributed by atoms with Crippen molar-refractivity contribution in [2.24, 2.45) is 0 Å². The average Bonchev–Trinajstić information content (AvgIpc) is 2.72. The molecule has 7 heteroatoms. The van der Waals surface area contributed by atoms with Gasteiger partial charge in [0.25, 0.3) is 5.91 Å². The first kappa shape index (κ1) is 20.1. The molecule has 0 atom stereocenters. The van der Waals surface area contributed by atoms with E-state index in [1.54, 1.807) is 13.2 Å². The third kappa shape index (κ3) is 5.44. The largest absolute Gasteiger partial charge is 0.497 e. The van der Waals surface area contributed by atoms with E-state index in [9.17, 15) is 4.79 Å². The van der Waals surface area contributed by atoms with E-state index in [0.29, 0.717) is 23.9 Å². The zero-order valence-electron chi connectivity index (χ0n) is 17.1. The van der Waals surface area contributed by atoms with Crippen molar-refractivity contribution in [2.45, 2.75) is 13.5 Å². The lowest BCUT2D eigenvalue weighted by Crippen LogP contribution is -2.24. The molecule has 0 aliphatic rings. The van der Waals surface area contributed by atoms with Crippen LogP contribution < -0.4 is 20.3 Å². The van der Waals surface area contributed by atoms with E-state index in [-0.39, 0.29) is 5.91 Å².